The number of primary amides is 1. The third kappa shape index (κ3) is 2.84. The van der Waals surface area contributed by atoms with Crippen molar-refractivity contribution in [2.75, 3.05) is 13.1 Å². The summed E-state index contributed by atoms with van der Waals surface area (Å²) in [7, 11) is -3.49. The molecule has 1 fully saturated rings. The number of hydrogen-bond acceptors (Lipinski definition) is 5. The first-order valence-electron chi connectivity index (χ1n) is 7.08. The van der Waals surface area contributed by atoms with E-state index in [9.17, 15) is 13.2 Å². The van der Waals surface area contributed by atoms with Gasteiger partial charge in [0.25, 0.3) is 0 Å². The van der Waals surface area contributed by atoms with E-state index in [1.165, 1.54) is 4.31 Å². The molecule has 0 aliphatic carbocycles. The van der Waals surface area contributed by atoms with Gasteiger partial charge in [0.05, 0.1) is 0 Å². The maximum Gasteiger partial charge on any atom is 0.220 e. The minimum absolute atomic E-state index is 0.203. The van der Waals surface area contributed by atoms with Crippen LogP contribution in [0.1, 0.15) is 18.5 Å². The fraction of sp³-hybridized carbons (Fsp3) is 0.429. The number of sulfonamides is 1. The number of nitrogens with zero attached hydrogens (tertiary/aromatic N) is 2. The first kappa shape index (κ1) is 15.0. The Morgan fingerprint density at radius 3 is 2.68 bits per heavy atom. The molecule has 0 radical (unpaired) electrons. The molecular weight excluding hydrogens is 306 g/mol. The SMILES string of the molecule is NC(=O)C1CCN(S(=O)(=O)Cc2noc3ccccc23)CC1. The Morgan fingerprint density at radius 1 is 1.32 bits per heavy atom. The molecule has 0 saturated carbocycles. The van der Waals surface area contributed by atoms with Crippen LogP contribution < -0.4 is 5.73 Å². The van der Waals surface area contributed by atoms with Crippen molar-refractivity contribution < 1.29 is 17.7 Å². The lowest BCUT2D eigenvalue weighted by Gasteiger charge is -2.29. The van der Waals surface area contributed by atoms with Gasteiger partial charge in [-0.15, -0.1) is 0 Å². The van der Waals surface area contributed by atoms with Crippen LogP contribution in [-0.4, -0.2) is 36.9 Å². The molecular formula is C14H17N3O4S. The third-order valence-electron chi connectivity index (χ3n) is 4.02. The Kier molecular flexibility index (Phi) is 3.88. The van der Waals surface area contributed by atoms with Gasteiger partial charge in [0.15, 0.2) is 5.58 Å². The Balaban J connectivity index is 1.76. The molecule has 0 spiro atoms. The van der Waals surface area contributed by atoms with Gasteiger partial charge in [-0.05, 0) is 25.0 Å². The number of aromatic nitrogens is 1. The molecule has 1 aromatic carbocycles. The lowest BCUT2D eigenvalue weighted by Crippen LogP contribution is -2.42. The molecule has 2 N–H and O–H groups in total. The van der Waals surface area contributed by atoms with E-state index in [-0.39, 0.29) is 17.6 Å². The zero-order chi connectivity index (χ0) is 15.7. The Hall–Kier alpha value is -1.93. The van der Waals surface area contributed by atoms with Crippen molar-refractivity contribution in [2.24, 2.45) is 11.7 Å². The Morgan fingerprint density at radius 2 is 2.00 bits per heavy atom. The van der Waals surface area contributed by atoms with E-state index in [2.05, 4.69) is 5.16 Å². The first-order chi connectivity index (χ1) is 10.5. The Labute approximate surface area is 128 Å². The minimum Gasteiger partial charge on any atom is -0.369 e. The molecule has 0 atom stereocenters. The van der Waals surface area contributed by atoms with Crippen LogP contribution in [0, 0.1) is 5.92 Å². The van der Waals surface area contributed by atoms with Crippen molar-refractivity contribution in [3.8, 4) is 0 Å². The molecule has 1 aliphatic rings. The molecule has 1 aromatic heterocycles. The highest BCUT2D eigenvalue weighted by Gasteiger charge is 2.31. The van der Waals surface area contributed by atoms with Crippen LogP contribution in [0.2, 0.25) is 0 Å². The highest BCUT2D eigenvalue weighted by molar-refractivity contribution is 7.88. The van der Waals surface area contributed by atoms with Crippen molar-refractivity contribution in [3.63, 3.8) is 0 Å². The smallest absolute Gasteiger partial charge is 0.220 e. The second-order valence-corrected chi connectivity index (χ2v) is 7.43. The van der Waals surface area contributed by atoms with E-state index >= 15 is 0 Å². The van der Waals surface area contributed by atoms with Crippen LogP contribution in [0.5, 0.6) is 0 Å². The standard InChI is InChI=1S/C14H17N3O4S/c15-14(18)10-5-7-17(8-6-10)22(19,20)9-12-11-3-1-2-4-13(11)21-16-12/h1-4,10H,5-9H2,(H2,15,18). The monoisotopic (exact) mass is 323 g/mol. The predicted molar refractivity (Wildman–Crippen MR) is 80.1 cm³/mol. The van der Waals surface area contributed by atoms with Crippen LogP contribution in [0.25, 0.3) is 11.0 Å². The van der Waals surface area contributed by atoms with Crippen molar-refractivity contribution in [3.05, 3.63) is 30.0 Å². The number of rotatable bonds is 4. The molecule has 1 aliphatic heterocycles. The molecule has 0 bridgehead atoms. The molecule has 22 heavy (non-hydrogen) atoms. The molecule has 3 rings (SSSR count). The summed E-state index contributed by atoms with van der Waals surface area (Å²) in [5.74, 6) is -0.801. The van der Waals surface area contributed by atoms with Gasteiger partial charge in [0.1, 0.15) is 11.4 Å². The molecule has 1 amide bonds. The van der Waals surface area contributed by atoms with Crippen molar-refractivity contribution in [2.45, 2.75) is 18.6 Å². The number of amides is 1. The molecule has 2 aromatic rings. The zero-order valence-electron chi connectivity index (χ0n) is 11.9. The topological polar surface area (TPSA) is 106 Å². The summed E-state index contributed by atoms with van der Waals surface area (Å²) in [6, 6.07) is 7.15. The number of para-hydroxylation sites is 1. The summed E-state index contributed by atoms with van der Waals surface area (Å²) in [5.41, 5.74) is 6.24. The number of benzene rings is 1. The number of hydrogen-bond donors (Lipinski definition) is 1. The fourth-order valence-electron chi connectivity index (χ4n) is 2.72. The fourth-order valence-corrected chi connectivity index (χ4v) is 4.23. The summed E-state index contributed by atoms with van der Waals surface area (Å²) >= 11 is 0. The summed E-state index contributed by atoms with van der Waals surface area (Å²) in [4.78, 5) is 11.1. The largest absolute Gasteiger partial charge is 0.369 e. The van der Waals surface area contributed by atoms with Crippen LogP contribution in [0.4, 0.5) is 0 Å². The van der Waals surface area contributed by atoms with Gasteiger partial charge < -0.3 is 10.3 Å². The number of nitrogens with two attached hydrogens (primary N) is 1. The van der Waals surface area contributed by atoms with Gasteiger partial charge in [0.2, 0.25) is 15.9 Å². The maximum atomic E-state index is 12.5. The highest BCUT2D eigenvalue weighted by Crippen LogP contribution is 2.24. The van der Waals surface area contributed by atoms with Gasteiger partial charge in [-0.25, -0.2) is 12.7 Å². The van der Waals surface area contributed by atoms with Gasteiger partial charge in [-0.2, -0.15) is 0 Å². The summed E-state index contributed by atoms with van der Waals surface area (Å²) in [5, 5.41) is 4.57. The number of fused-ring (bicyclic) bond motifs is 1. The molecule has 7 nitrogen and oxygen atoms in total. The number of carbonyl (C=O) groups excluding carboxylic acids is 1. The normalized spacial score (nSPS) is 17.8. The molecule has 1 saturated heterocycles. The number of carbonyl (C=O) groups is 1. The summed E-state index contributed by atoms with van der Waals surface area (Å²) in [6.45, 7) is 0.622. The first-order valence-corrected chi connectivity index (χ1v) is 8.69. The highest BCUT2D eigenvalue weighted by atomic mass is 32.2. The van der Waals surface area contributed by atoms with Gasteiger partial charge in [-0.3, -0.25) is 4.79 Å². The van der Waals surface area contributed by atoms with E-state index in [1.807, 2.05) is 6.07 Å². The third-order valence-corrected chi connectivity index (χ3v) is 5.81. The molecule has 8 heteroatoms. The average Bonchev–Trinajstić information content (AvgIpc) is 2.90. The van der Waals surface area contributed by atoms with Crippen LogP contribution in [0.15, 0.2) is 28.8 Å². The van der Waals surface area contributed by atoms with E-state index < -0.39 is 10.0 Å². The van der Waals surface area contributed by atoms with E-state index in [0.717, 1.165) is 0 Å². The lowest BCUT2D eigenvalue weighted by molar-refractivity contribution is -0.122. The van der Waals surface area contributed by atoms with Crippen LogP contribution in [-0.2, 0) is 20.6 Å². The second kappa shape index (κ2) is 5.69. The zero-order valence-corrected chi connectivity index (χ0v) is 12.8. The van der Waals surface area contributed by atoms with E-state index in [0.29, 0.717) is 42.6 Å². The van der Waals surface area contributed by atoms with Crippen molar-refractivity contribution >= 4 is 26.9 Å². The minimum atomic E-state index is -3.49. The predicted octanol–water partition coefficient (Wildman–Crippen LogP) is 0.855. The van der Waals surface area contributed by atoms with Crippen molar-refractivity contribution in [1.29, 1.82) is 0 Å². The molecule has 118 valence electrons. The Bertz CT molecular complexity index is 791. The second-order valence-electron chi connectivity index (χ2n) is 5.46. The van der Waals surface area contributed by atoms with Crippen LogP contribution in [0.3, 0.4) is 0 Å². The molecule has 0 unspecified atom stereocenters. The lowest BCUT2D eigenvalue weighted by atomic mass is 9.98. The quantitative estimate of drug-likeness (QED) is 0.898. The maximum absolute atomic E-state index is 12.5. The van der Waals surface area contributed by atoms with Gasteiger partial charge in [0, 0.05) is 24.4 Å². The van der Waals surface area contributed by atoms with Gasteiger partial charge in [-0.1, -0.05) is 17.3 Å². The summed E-state index contributed by atoms with van der Waals surface area (Å²) < 4.78 is 31.5. The average molecular weight is 323 g/mol. The van der Waals surface area contributed by atoms with Crippen LogP contribution >= 0.6 is 0 Å². The molecule has 2 heterocycles. The van der Waals surface area contributed by atoms with E-state index in [1.54, 1.807) is 18.2 Å². The van der Waals surface area contributed by atoms with E-state index in [4.69, 9.17) is 10.3 Å². The van der Waals surface area contributed by atoms with Gasteiger partial charge >= 0.3 is 0 Å². The number of piperidine rings is 1. The summed E-state index contributed by atoms with van der Waals surface area (Å²) in [6.07, 6.45) is 0.933. The van der Waals surface area contributed by atoms with Crippen molar-refractivity contribution in [1.82, 2.24) is 9.46 Å².